The van der Waals surface area contributed by atoms with Crippen LogP contribution in [-0.4, -0.2) is 24.2 Å². The van der Waals surface area contributed by atoms with Crippen LogP contribution in [0.2, 0.25) is 15.1 Å². The summed E-state index contributed by atoms with van der Waals surface area (Å²) in [5.41, 5.74) is 0.991. The summed E-state index contributed by atoms with van der Waals surface area (Å²) in [5, 5.41) is 6.12. The van der Waals surface area contributed by atoms with E-state index in [1.807, 2.05) is 38.1 Å². The van der Waals surface area contributed by atoms with Crippen molar-refractivity contribution in [2.75, 3.05) is 4.43 Å². The van der Waals surface area contributed by atoms with Crippen LogP contribution in [0.3, 0.4) is 0 Å². The Bertz CT molecular complexity index is 1460. The predicted molar refractivity (Wildman–Crippen MR) is 143 cm³/mol. The molecule has 0 saturated heterocycles. The van der Waals surface area contributed by atoms with Crippen LogP contribution in [0.1, 0.15) is 22.4 Å². The fourth-order valence-corrected chi connectivity index (χ4v) is 6.68. The molecule has 0 spiro atoms. The van der Waals surface area contributed by atoms with E-state index in [-0.39, 0.29) is 0 Å². The molecule has 1 atom stereocenters. The Labute approximate surface area is 221 Å². The van der Waals surface area contributed by atoms with Crippen molar-refractivity contribution in [3.63, 3.8) is 0 Å². The fourth-order valence-electron chi connectivity index (χ4n) is 3.51. The zero-order valence-electron chi connectivity index (χ0n) is 17.3. The van der Waals surface area contributed by atoms with Gasteiger partial charge in [0.25, 0.3) is 5.56 Å². The first kappa shape index (κ1) is 24.4. The number of aromatic amines is 1. The summed E-state index contributed by atoms with van der Waals surface area (Å²) in [6, 6.07) is 10.8. The van der Waals surface area contributed by atoms with Crippen LogP contribution in [0.4, 0.5) is 0 Å². The molecule has 33 heavy (non-hydrogen) atoms. The van der Waals surface area contributed by atoms with Gasteiger partial charge in [-0.15, -0.1) is 11.3 Å². The number of alkyl halides is 1. The molecule has 0 aliphatic rings. The van der Waals surface area contributed by atoms with Gasteiger partial charge in [-0.3, -0.25) is 9.78 Å². The normalized spacial score (nSPS) is 13.2. The van der Waals surface area contributed by atoms with Gasteiger partial charge < -0.3 is 0 Å². The number of hydrogen-bond donors (Lipinski definition) is 1. The van der Waals surface area contributed by atoms with Gasteiger partial charge >= 0.3 is 5.69 Å². The SMILES string of the molecule is Cc1sc(C(C)(CI)c2c(Cl)cc(-n3ncc(=O)[nH]c3=O)cc2Cl)nc1-c1cccc(Cl)c1. The standard InChI is InChI=1S/C22H16Cl3IN4O2S/c1-11-19(12-4-3-5-13(23)6-12)29-20(33-11)22(2,10-26)18-15(24)7-14(8-16(18)25)30-21(32)28-17(31)9-27-30/h3-9H,10H2,1-2H3,(H,28,31,32). The molecule has 0 saturated carbocycles. The average molecular weight is 634 g/mol. The molecule has 0 aliphatic heterocycles. The molecule has 2 heterocycles. The van der Waals surface area contributed by atoms with Crippen molar-refractivity contribution >= 4 is 68.7 Å². The zero-order chi connectivity index (χ0) is 23.9. The van der Waals surface area contributed by atoms with Crippen LogP contribution >= 0.6 is 68.7 Å². The smallest absolute Gasteiger partial charge is 0.271 e. The van der Waals surface area contributed by atoms with Gasteiger partial charge in [0, 0.05) is 35.5 Å². The van der Waals surface area contributed by atoms with Crippen molar-refractivity contribution in [3.8, 4) is 16.9 Å². The molecule has 170 valence electrons. The Morgan fingerprint density at radius 2 is 1.85 bits per heavy atom. The number of rotatable bonds is 5. The van der Waals surface area contributed by atoms with Crippen molar-refractivity contribution < 1.29 is 0 Å². The maximum atomic E-state index is 12.2. The van der Waals surface area contributed by atoms with Gasteiger partial charge in [-0.2, -0.15) is 9.78 Å². The molecule has 2 aromatic carbocycles. The number of benzene rings is 2. The third kappa shape index (κ3) is 4.64. The quantitative estimate of drug-likeness (QED) is 0.214. The lowest BCUT2D eigenvalue weighted by molar-refractivity contribution is 0.657. The van der Waals surface area contributed by atoms with E-state index in [4.69, 9.17) is 39.8 Å². The van der Waals surface area contributed by atoms with Gasteiger partial charge in [0.2, 0.25) is 0 Å². The Hall–Kier alpha value is -1.72. The minimum Gasteiger partial charge on any atom is -0.271 e. The molecule has 0 aliphatic carbocycles. The van der Waals surface area contributed by atoms with Crippen LogP contribution in [0.25, 0.3) is 16.9 Å². The first-order valence-electron chi connectivity index (χ1n) is 9.62. The summed E-state index contributed by atoms with van der Waals surface area (Å²) in [5.74, 6) is 0. The molecule has 0 bridgehead atoms. The number of nitrogens with zero attached hydrogens (tertiary/aromatic N) is 3. The molecule has 0 radical (unpaired) electrons. The molecule has 1 unspecified atom stereocenters. The second kappa shape index (κ2) is 9.50. The van der Waals surface area contributed by atoms with Gasteiger partial charge in [0.05, 0.1) is 16.8 Å². The Morgan fingerprint density at radius 3 is 2.45 bits per heavy atom. The predicted octanol–water partition coefficient (Wildman–Crippen LogP) is 6.05. The molecule has 0 fully saturated rings. The molecule has 2 aromatic heterocycles. The minimum atomic E-state index is -0.680. The van der Waals surface area contributed by atoms with Crippen LogP contribution < -0.4 is 11.2 Å². The highest BCUT2D eigenvalue weighted by atomic mass is 127. The van der Waals surface area contributed by atoms with Crippen LogP contribution in [0, 0.1) is 6.92 Å². The van der Waals surface area contributed by atoms with Crippen molar-refractivity contribution in [1.29, 1.82) is 0 Å². The monoisotopic (exact) mass is 632 g/mol. The molecule has 6 nitrogen and oxygen atoms in total. The van der Waals surface area contributed by atoms with E-state index in [0.29, 0.717) is 30.7 Å². The number of thiazole rings is 1. The Morgan fingerprint density at radius 1 is 1.15 bits per heavy atom. The Balaban J connectivity index is 1.84. The van der Waals surface area contributed by atoms with Gasteiger partial charge in [-0.25, -0.2) is 9.78 Å². The molecule has 4 rings (SSSR count). The summed E-state index contributed by atoms with van der Waals surface area (Å²) in [6.45, 7) is 4.06. The van der Waals surface area contributed by atoms with E-state index < -0.39 is 16.7 Å². The number of H-pyrrole nitrogens is 1. The van der Waals surface area contributed by atoms with E-state index in [0.717, 1.165) is 32.0 Å². The molecular weight excluding hydrogens is 618 g/mol. The molecular formula is C22H16Cl3IN4O2S. The number of hydrogen-bond acceptors (Lipinski definition) is 5. The fraction of sp³-hybridized carbons (Fsp3) is 0.182. The largest absolute Gasteiger partial charge is 0.349 e. The van der Waals surface area contributed by atoms with E-state index in [9.17, 15) is 9.59 Å². The Kier molecular flexibility index (Phi) is 7.02. The summed E-state index contributed by atoms with van der Waals surface area (Å²) in [6.07, 6.45) is 1.02. The summed E-state index contributed by atoms with van der Waals surface area (Å²) < 4.78 is 1.69. The average Bonchev–Trinajstić information content (AvgIpc) is 3.15. The number of aromatic nitrogens is 4. The summed E-state index contributed by atoms with van der Waals surface area (Å²) in [7, 11) is 0. The van der Waals surface area contributed by atoms with Gasteiger partial charge in [0.15, 0.2) is 0 Å². The number of halogens is 4. The lowest BCUT2D eigenvalue weighted by Crippen LogP contribution is -2.31. The number of nitrogens with one attached hydrogen (secondary N) is 1. The van der Waals surface area contributed by atoms with Gasteiger partial charge in [-0.05, 0) is 38.1 Å². The van der Waals surface area contributed by atoms with E-state index in [2.05, 4.69) is 32.7 Å². The maximum Gasteiger partial charge on any atom is 0.349 e. The maximum absolute atomic E-state index is 12.2. The van der Waals surface area contributed by atoms with Crippen molar-refractivity contribution in [1.82, 2.24) is 19.7 Å². The molecule has 0 amide bonds. The highest BCUT2D eigenvalue weighted by molar-refractivity contribution is 14.1. The van der Waals surface area contributed by atoms with Crippen molar-refractivity contribution in [3.05, 3.63) is 93.9 Å². The zero-order valence-corrected chi connectivity index (χ0v) is 22.6. The first-order valence-corrected chi connectivity index (χ1v) is 13.1. The van der Waals surface area contributed by atoms with E-state index >= 15 is 0 Å². The highest BCUT2D eigenvalue weighted by Crippen LogP contribution is 2.45. The second-order valence-corrected chi connectivity index (χ2v) is 10.8. The van der Waals surface area contributed by atoms with Gasteiger partial charge in [0.1, 0.15) is 11.2 Å². The third-order valence-corrected chi connectivity index (χ3v) is 8.76. The highest BCUT2D eigenvalue weighted by Gasteiger charge is 2.36. The number of aryl methyl sites for hydroxylation is 1. The lowest BCUT2D eigenvalue weighted by atomic mass is 9.85. The second-order valence-electron chi connectivity index (χ2n) is 7.54. The van der Waals surface area contributed by atoms with E-state index in [1.54, 1.807) is 23.5 Å². The minimum absolute atomic E-state index is 0.348. The topological polar surface area (TPSA) is 80.6 Å². The third-order valence-electron chi connectivity index (χ3n) is 5.17. The van der Waals surface area contributed by atoms with Crippen molar-refractivity contribution in [2.45, 2.75) is 19.3 Å². The van der Waals surface area contributed by atoms with Gasteiger partial charge in [-0.1, -0.05) is 69.5 Å². The lowest BCUT2D eigenvalue weighted by Gasteiger charge is -2.28. The molecule has 1 N–H and O–H groups in total. The van der Waals surface area contributed by atoms with Crippen LogP contribution in [0.15, 0.2) is 52.2 Å². The molecule has 11 heteroatoms. The van der Waals surface area contributed by atoms with Crippen molar-refractivity contribution in [2.24, 2.45) is 0 Å². The summed E-state index contributed by atoms with van der Waals surface area (Å²) >= 11 is 23.5. The van der Waals surface area contributed by atoms with Crippen LogP contribution in [0.5, 0.6) is 0 Å². The van der Waals surface area contributed by atoms with Crippen LogP contribution in [-0.2, 0) is 5.41 Å². The van der Waals surface area contributed by atoms with E-state index in [1.165, 1.54) is 0 Å². The summed E-state index contributed by atoms with van der Waals surface area (Å²) in [4.78, 5) is 31.7. The first-order chi connectivity index (χ1) is 15.6. The molecule has 4 aromatic rings.